The van der Waals surface area contributed by atoms with Gasteiger partial charge in [-0.05, 0) is 20.8 Å². The molecule has 0 bridgehead atoms. The van der Waals surface area contributed by atoms with Gasteiger partial charge < -0.3 is 14.7 Å². The number of esters is 1. The molecule has 0 aliphatic carbocycles. The minimum Gasteiger partial charge on any atom is -0.467 e. The van der Waals surface area contributed by atoms with Crippen molar-refractivity contribution in [1.82, 2.24) is 4.90 Å². The first-order chi connectivity index (χ1) is 8.17. The Kier molecular flexibility index (Phi) is 3.23. The number of alkyl halides is 1. The molecule has 102 valence electrons. The Morgan fingerprint density at radius 1 is 1.61 bits per heavy atom. The fourth-order valence-electron chi connectivity index (χ4n) is 2.52. The van der Waals surface area contributed by atoms with Crippen LogP contribution < -0.4 is 0 Å². The third-order valence-electron chi connectivity index (χ3n) is 3.56. The summed E-state index contributed by atoms with van der Waals surface area (Å²) in [4.78, 5) is 25.6. The van der Waals surface area contributed by atoms with Gasteiger partial charge in [-0.15, -0.1) is 11.8 Å². The van der Waals surface area contributed by atoms with Crippen molar-refractivity contribution < 1.29 is 19.4 Å². The average molecular weight is 338 g/mol. The molecule has 0 saturated carbocycles. The highest BCUT2D eigenvalue weighted by atomic mass is 79.9. The van der Waals surface area contributed by atoms with Gasteiger partial charge in [0.05, 0.1) is 13.2 Å². The summed E-state index contributed by atoms with van der Waals surface area (Å²) in [5.74, 6) is -0.667. The number of aliphatic hydroxyl groups is 1. The lowest BCUT2D eigenvalue weighted by Crippen LogP contribution is -2.74. The lowest BCUT2D eigenvalue weighted by Gasteiger charge is -2.51. The second kappa shape index (κ2) is 4.11. The molecule has 3 unspecified atom stereocenters. The van der Waals surface area contributed by atoms with E-state index in [1.807, 2.05) is 13.8 Å². The van der Waals surface area contributed by atoms with E-state index in [1.54, 1.807) is 6.92 Å². The Balaban J connectivity index is 2.36. The fourth-order valence-corrected chi connectivity index (χ4v) is 4.94. The summed E-state index contributed by atoms with van der Waals surface area (Å²) in [5.41, 5.74) is 0. The Morgan fingerprint density at radius 3 is 2.61 bits per heavy atom. The van der Waals surface area contributed by atoms with Gasteiger partial charge >= 0.3 is 5.97 Å². The van der Waals surface area contributed by atoms with E-state index in [1.165, 1.54) is 23.8 Å². The quantitative estimate of drug-likeness (QED) is 0.457. The van der Waals surface area contributed by atoms with Crippen LogP contribution in [-0.4, -0.2) is 55.6 Å². The van der Waals surface area contributed by atoms with E-state index in [0.717, 1.165) is 0 Å². The minimum absolute atomic E-state index is 0.246. The van der Waals surface area contributed by atoms with E-state index in [-0.39, 0.29) is 11.3 Å². The van der Waals surface area contributed by atoms with Crippen LogP contribution >= 0.6 is 27.7 Å². The van der Waals surface area contributed by atoms with Gasteiger partial charge in [0.15, 0.2) is 4.32 Å². The highest BCUT2D eigenvalue weighted by Crippen LogP contribution is 2.59. The van der Waals surface area contributed by atoms with E-state index in [0.29, 0.717) is 0 Å². The number of ether oxygens (including phenoxy) is 1. The second-order valence-electron chi connectivity index (χ2n) is 5.16. The molecule has 1 amide bonds. The number of hydrogen-bond donors (Lipinski definition) is 1. The number of β-lactam (4-membered cyclic amide) rings is 1. The second-order valence-corrected chi connectivity index (χ2v) is 8.20. The number of halogens is 1. The number of methoxy groups -OCH3 is 1. The van der Waals surface area contributed by atoms with Crippen LogP contribution in [0.25, 0.3) is 0 Å². The third kappa shape index (κ3) is 1.56. The van der Waals surface area contributed by atoms with E-state index in [2.05, 4.69) is 15.9 Å². The zero-order valence-electron chi connectivity index (χ0n) is 10.6. The Morgan fingerprint density at radius 2 is 2.17 bits per heavy atom. The molecule has 2 heterocycles. The molecule has 0 aromatic rings. The van der Waals surface area contributed by atoms with Gasteiger partial charge in [-0.25, -0.2) is 4.79 Å². The Bertz CT molecular complexity index is 414. The van der Waals surface area contributed by atoms with Crippen LogP contribution in [0, 0.1) is 0 Å². The van der Waals surface area contributed by atoms with Crippen LogP contribution in [0.5, 0.6) is 0 Å². The summed E-state index contributed by atoms with van der Waals surface area (Å²) in [6.07, 6.45) is -0.814. The normalized spacial score (nSPS) is 39.0. The molecular weight excluding hydrogens is 322 g/mol. The number of thioether (sulfide) groups is 1. The van der Waals surface area contributed by atoms with Crippen LogP contribution in [0.2, 0.25) is 0 Å². The molecule has 4 atom stereocenters. The van der Waals surface area contributed by atoms with Gasteiger partial charge in [0, 0.05) is 4.75 Å². The van der Waals surface area contributed by atoms with Crippen molar-refractivity contribution in [3.8, 4) is 0 Å². The molecule has 7 heteroatoms. The zero-order chi connectivity index (χ0) is 13.9. The molecule has 2 aliphatic heterocycles. The molecule has 0 radical (unpaired) electrons. The molecule has 0 spiro atoms. The molecule has 1 N–H and O–H groups in total. The first kappa shape index (κ1) is 14.1. The molecule has 5 nitrogen and oxygen atoms in total. The summed E-state index contributed by atoms with van der Waals surface area (Å²) >= 11 is 4.85. The minimum atomic E-state index is -0.988. The van der Waals surface area contributed by atoms with Gasteiger partial charge in [0.2, 0.25) is 5.91 Å². The fraction of sp³-hybridized carbons (Fsp3) is 0.818. The molecular formula is C11H16BrNO4S. The molecule has 2 rings (SSSR count). The number of fused-ring (bicyclic) bond motifs is 1. The standard InChI is InChI=1S/C11H16BrNO4S/c1-5(14)11(12)8(16)13-6(7(15)17-4)10(2,3)18-9(11)13/h5-6,9,14H,1-4H3/t5?,6?,9?,11-/m0/s1. The van der Waals surface area contributed by atoms with Crippen molar-refractivity contribution in [2.45, 2.75) is 47.4 Å². The number of amides is 1. The number of nitrogens with zero attached hydrogens (tertiary/aromatic N) is 1. The predicted octanol–water partition coefficient (Wildman–Crippen LogP) is 0.736. The van der Waals surface area contributed by atoms with Crippen molar-refractivity contribution >= 4 is 39.6 Å². The number of hydrogen-bond acceptors (Lipinski definition) is 5. The van der Waals surface area contributed by atoms with Gasteiger partial charge in [-0.2, -0.15) is 0 Å². The highest BCUT2D eigenvalue weighted by molar-refractivity contribution is 9.10. The summed E-state index contributed by atoms with van der Waals surface area (Å²) < 4.78 is 3.35. The van der Waals surface area contributed by atoms with Crippen molar-refractivity contribution in [1.29, 1.82) is 0 Å². The number of carbonyl (C=O) groups excluding carboxylic acids is 2. The summed E-state index contributed by atoms with van der Waals surface area (Å²) in [6.45, 7) is 5.38. The van der Waals surface area contributed by atoms with Crippen LogP contribution in [0.3, 0.4) is 0 Å². The molecule has 0 aromatic carbocycles. The smallest absolute Gasteiger partial charge is 0.330 e. The van der Waals surface area contributed by atoms with Crippen molar-refractivity contribution in [3.63, 3.8) is 0 Å². The van der Waals surface area contributed by atoms with Crippen LogP contribution in [0.4, 0.5) is 0 Å². The van der Waals surface area contributed by atoms with Crippen LogP contribution in [0.15, 0.2) is 0 Å². The maximum atomic E-state index is 12.2. The predicted molar refractivity (Wildman–Crippen MR) is 71.4 cm³/mol. The molecule has 2 saturated heterocycles. The first-order valence-electron chi connectivity index (χ1n) is 5.63. The maximum absolute atomic E-state index is 12.2. The summed E-state index contributed by atoms with van der Waals surface area (Å²) in [6, 6.07) is -0.602. The van der Waals surface area contributed by atoms with Gasteiger partial charge in [-0.3, -0.25) is 4.79 Å². The maximum Gasteiger partial charge on any atom is 0.330 e. The largest absolute Gasteiger partial charge is 0.467 e. The topological polar surface area (TPSA) is 66.8 Å². The third-order valence-corrected chi connectivity index (χ3v) is 6.95. The van der Waals surface area contributed by atoms with E-state index in [4.69, 9.17) is 4.74 Å². The lowest BCUT2D eigenvalue weighted by molar-refractivity contribution is -0.165. The molecule has 2 aliphatic rings. The summed E-state index contributed by atoms with van der Waals surface area (Å²) in [5, 5.41) is 9.53. The van der Waals surface area contributed by atoms with Crippen LogP contribution in [-0.2, 0) is 14.3 Å². The highest BCUT2D eigenvalue weighted by Gasteiger charge is 2.72. The van der Waals surface area contributed by atoms with E-state index < -0.39 is 27.2 Å². The van der Waals surface area contributed by atoms with Crippen molar-refractivity contribution in [2.24, 2.45) is 0 Å². The number of rotatable bonds is 2. The van der Waals surface area contributed by atoms with Crippen molar-refractivity contribution in [2.75, 3.05) is 7.11 Å². The van der Waals surface area contributed by atoms with Gasteiger partial charge in [-0.1, -0.05) is 15.9 Å². The van der Waals surface area contributed by atoms with Gasteiger partial charge in [0.1, 0.15) is 11.4 Å². The number of aliphatic hydroxyl groups excluding tert-OH is 1. The van der Waals surface area contributed by atoms with Crippen LogP contribution in [0.1, 0.15) is 20.8 Å². The number of carbonyl (C=O) groups is 2. The Labute approximate surface area is 118 Å². The Hall–Kier alpha value is -0.270. The van der Waals surface area contributed by atoms with E-state index in [9.17, 15) is 14.7 Å². The average Bonchev–Trinajstić information content (AvgIpc) is 2.56. The van der Waals surface area contributed by atoms with Crippen molar-refractivity contribution in [3.05, 3.63) is 0 Å². The zero-order valence-corrected chi connectivity index (χ0v) is 13.0. The monoisotopic (exact) mass is 337 g/mol. The van der Waals surface area contributed by atoms with Gasteiger partial charge in [0.25, 0.3) is 0 Å². The first-order valence-corrected chi connectivity index (χ1v) is 7.30. The summed E-state index contributed by atoms with van der Waals surface area (Å²) in [7, 11) is 1.32. The molecule has 2 fully saturated rings. The lowest BCUT2D eigenvalue weighted by atomic mass is 9.88. The molecule has 0 aromatic heterocycles. The van der Waals surface area contributed by atoms with E-state index >= 15 is 0 Å². The molecule has 18 heavy (non-hydrogen) atoms. The SMILES string of the molecule is COC(=O)C1N2C(=O)[C@@](Br)(C(C)O)C2SC1(C)C.